The summed E-state index contributed by atoms with van der Waals surface area (Å²) in [4.78, 5) is 4.51. The number of nitrogens with one attached hydrogen (secondary N) is 1. The van der Waals surface area contributed by atoms with Crippen molar-refractivity contribution in [3.8, 4) is 16.9 Å². The summed E-state index contributed by atoms with van der Waals surface area (Å²) in [6, 6.07) is 18.7. The Bertz CT molecular complexity index is 1600. The van der Waals surface area contributed by atoms with E-state index in [0.29, 0.717) is 48.8 Å². The smallest absolute Gasteiger partial charge is 0.208 e. The monoisotopic (exact) mass is 586 g/mol. The highest BCUT2D eigenvalue weighted by Gasteiger charge is 2.45. The fraction of sp³-hybridized carbons (Fsp3) is 0.300. The summed E-state index contributed by atoms with van der Waals surface area (Å²) in [5.41, 5.74) is 1.63. The molecule has 1 aromatic heterocycles. The molecule has 40 heavy (non-hydrogen) atoms. The number of sulfonamides is 1. The molecule has 0 aliphatic heterocycles. The zero-order valence-corrected chi connectivity index (χ0v) is 23.4. The third-order valence-corrected chi connectivity index (χ3v) is 8.25. The molecule has 0 spiro atoms. The van der Waals surface area contributed by atoms with Gasteiger partial charge in [-0.05, 0) is 48.9 Å². The van der Waals surface area contributed by atoms with Gasteiger partial charge >= 0.3 is 0 Å². The van der Waals surface area contributed by atoms with Crippen LogP contribution in [0, 0.1) is 11.6 Å². The van der Waals surface area contributed by atoms with Crippen LogP contribution in [0.15, 0.2) is 77.4 Å². The van der Waals surface area contributed by atoms with Crippen molar-refractivity contribution in [2.75, 3.05) is 6.26 Å². The van der Waals surface area contributed by atoms with E-state index in [1.54, 1.807) is 24.3 Å². The molecule has 0 unspecified atom stereocenters. The maximum Gasteiger partial charge on any atom is 0.208 e. The average Bonchev–Trinajstić information content (AvgIpc) is 3.57. The van der Waals surface area contributed by atoms with Crippen LogP contribution in [0.5, 0.6) is 5.75 Å². The number of benzene rings is 3. The lowest BCUT2D eigenvalue weighted by Crippen LogP contribution is -2.35. The van der Waals surface area contributed by atoms with E-state index in [2.05, 4.69) is 9.71 Å². The van der Waals surface area contributed by atoms with Crippen LogP contribution < -0.4 is 9.46 Å². The lowest BCUT2D eigenvalue weighted by Gasteiger charge is -2.27. The number of nitrogens with zero attached hydrogens (tertiary/aromatic N) is 1. The van der Waals surface area contributed by atoms with Crippen LogP contribution >= 0.6 is 11.6 Å². The Morgan fingerprint density at radius 1 is 1.07 bits per heavy atom. The molecule has 5 rings (SSSR count). The molecule has 2 atom stereocenters. The summed E-state index contributed by atoms with van der Waals surface area (Å²) < 4.78 is 68.9. The van der Waals surface area contributed by atoms with E-state index in [1.807, 2.05) is 30.3 Å². The fourth-order valence-electron chi connectivity index (χ4n) is 5.42. The maximum atomic E-state index is 15.3. The molecule has 1 saturated carbocycles. The third kappa shape index (κ3) is 6.37. The zero-order valence-electron chi connectivity index (χ0n) is 21.9. The van der Waals surface area contributed by atoms with Crippen LogP contribution in [-0.4, -0.2) is 25.7 Å². The van der Waals surface area contributed by atoms with Gasteiger partial charge in [-0.25, -0.2) is 26.9 Å². The second-order valence-corrected chi connectivity index (χ2v) is 12.3. The Labute approximate surface area is 237 Å². The number of aromatic nitrogens is 1. The average molecular weight is 587 g/mol. The minimum Gasteiger partial charge on any atom is -0.488 e. The number of halogens is 3. The van der Waals surface area contributed by atoms with Gasteiger partial charge < -0.3 is 9.15 Å². The van der Waals surface area contributed by atoms with Gasteiger partial charge in [0.05, 0.1) is 23.2 Å². The van der Waals surface area contributed by atoms with Gasteiger partial charge in [0.25, 0.3) is 0 Å². The van der Waals surface area contributed by atoms with E-state index in [1.165, 1.54) is 12.3 Å². The molecule has 0 saturated heterocycles. The van der Waals surface area contributed by atoms with E-state index in [-0.39, 0.29) is 29.5 Å². The maximum absolute atomic E-state index is 15.3. The predicted octanol–water partition coefficient (Wildman–Crippen LogP) is 6.52. The zero-order chi connectivity index (χ0) is 28.3. The predicted molar refractivity (Wildman–Crippen MR) is 150 cm³/mol. The Morgan fingerprint density at radius 2 is 1.82 bits per heavy atom. The molecule has 10 heteroatoms. The van der Waals surface area contributed by atoms with Gasteiger partial charge in [0, 0.05) is 23.2 Å². The van der Waals surface area contributed by atoms with Crippen molar-refractivity contribution in [2.24, 2.45) is 0 Å². The molecule has 1 aliphatic rings. The molecule has 210 valence electrons. The standard InChI is InChI=1S/C30H29ClF2N2O4S/c1-40(36,37)35-22-11-12-30(16-22,29-34-23(17-31)19-39-29)15-21-13-25(27(33)14-26(21)32)24-9-5-6-10-28(24)38-18-20-7-3-2-4-8-20/h2-10,13-14,19,22,35H,11-12,15-18H2,1H3/t22-,30+/m0/s1. The van der Waals surface area contributed by atoms with Crippen LogP contribution in [0.1, 0.15) is 42.0 Å². The number of alkyl halides is 1. The lowest BCUT2D eigenvalue weighted by atomic mass is 9.79. The molecular weight excluding hydrogens is 558 g/mol. The highest BCUT2D eigenvalue weighted by atomic mass is 35.5. The van der Waals surface area contributed by atoms with E-state index >= 15 is 8.78 Å². The second-order valence-electron chi connectivity index (χ2n) is 10.3. The summed E-state index contributed by atoms with van der Waals surface area (Å²) in [7, 11) is -3.46. The number of para-hydroxylation sites is 1. The largest absolute Gasteiger partial charge is 0.488 e. The second kappa shape index (κ2) is 11.7. The minimum absolute atomic E-state index is 0.128. The molecule has 1 fully saturated rings. The summed E-state index contributed by atoms with van der Waals surface area (Å²) in [6.45, 7) is 0.290. The third-order valence-electron chi connectivity index (χ3n) is 7.21. The number of rotatable bonds is 10. The number of oxazole rings is 1. The minimum atomic E-state index is -3.46. The van der Waals surface area contributed by atoms with Gasteiger partial charge in [0.1, 0.15) is 30.3 Å². The number of hydrogen-bond donors (Lipinski definition) is 1. The summed E-state index contributed by atoms with van der Waals surface area (Å²) in [5, 5.41) is 0. The lowest BCUT2D eigenvalue weighted by molar-refractivity contribution is 0.307. The van der Waals surface area contributed by atoms with Crippen molar-refractivity contribution >= 4 is 21.6 Å². The van der Waals surface area contributed by atoms with Crippen LogP contribution in [0.3, 0.4) is 0 Å². The van der Waals surface area contributed by atoms with E-state index < -0.39 is 27.1 Å². The van der Waals surface area contributed by atoms with Gasteiger partial charge in [-0.2, -0.15) is 0 Å². The van der Waals surface area contributed by atoms with Crippen LogP contribution in [0.25, 0.3) is 11.1 Å². The van der Waals surface area contributed by atoms with E-state index in [4.69, 9.17) is 20.8 Å². The normalized spacial score (nSPS) is 19.1. The Kier molecular flexibility index (Phi) is 8.26. The van der Waals surface area contributed by atoms with Crippen molar-refractivity contribution in [3.05, 3.63) is 107 Å². The quantitative estimate of drug-likeness (QED) is 0.214. The topological polar surface area (TPSA) is 81.4 Å². The molecule has 6 nitrogen and oxygen atoms in total. The van der Waals surface area contributed by atoms with Gasteiger partial charge in [0.2, 0.25) is 15.9 Å². The number of hydrogen-bond acceptors (Lipinski definition) is 5. The van der Waals surface area contributed by atoms with Crippen LogP contribution in [0.4, 0.5) is 8.78 Å². The molecule has 1 N–H and O–H groups in total. The molecule has 0 bridgehead atoms. The first kappa shape index (κ1) is 28.3. The van der Waals surface area contributed by atoms with Gasteiger partial charge in [0.15, 0.2) is 0 Å². The van der Waals surface area contributed by atoms with Crippen LogP contribution in [0.2, 0.25) is 0 Å². The van der Waals surface area contributed by atoms with Crippen molar-refractivity contribution in [2.45, 2.75) is 49.6 Å². The number of ether oxygens (including phenoxy) is 1. The van der Waals surface area contributed by atoms with E-state index in [0.717, 1.165) is 17.9 Å². The SMILES string of the molecule is CS(=O)(=O)N[C@H]1CC[C@](Cc2cc(-c3ccccc3OCc3ccccc3)c(F)cc2F)(c2nc(CCl)co2)C1. The van der Waals surface area contributed by atoms with Crippen molar-refractivity contribution in [1.82, 2.24) is 9.71 Å². The summed E-state index contributed by atoms with van der Waals surface area (Å²) >= 11 is 5.95. The molecular formula is C30H29ClF2N2O4S. The molecule has 1 heterocycles. The molecule has 0 amide bonds. The molecule has 1 aliphatic carbocycles. The van der Waals surface area contributed by atoms with Gasteiger partial charge in [-0.15, -0.1) is 11.6 Å². The van der Waals surface area contributed by atoms with E-state index in [9.17, 15) is 8.42 Å². The van der Waals surface area contributed by atoms with Crippen molar-refractivity contribution in [3.63, 3.8) is 0 Å². The molecule has 3 aromatic carbocycles. The Morgan fingerprint density at radius 3 is 2.55 bits per heavy atom. The Hall–Kier alpha value is -3.27. The Balaban J connectivity index is 1.50. The first-order valence-electron chi connectivity index (χ1n) is 12.9. The van der Waals surface area contributed by atoms with Crippen molar-refractivity contribution in [1.29, 1.82) is 0 Å². The van der Waals surface area contributed by atoms with Gasteiger partial charge in [-0.1, -0.05) is 48.5 Å². The molecule has 4 aromatic rings. The first-order valence-corrected chi connectivity index (χ1v) is 15.3. The summed E-state index contributed by atoms with van der Waals surface area (Å²) in [6.07, 6.45) is 4.03. The summed E-state index contributed by atoms with van der Waals surface area (Å²) in [5.74, 6) is -0.450. The first-order chi connectivity index (χ1) is 19.2. The fourth-order valence-corrected chi connectivity index (χ4v) is 6.35. The van der Waals surface area contributed by atoms with Crippen molar-refractivity contribution < 1.29 is 26.4 Å². The molecule has 0 radical (unpaired) electrons. The van der Waals surface area contributed by atoms with Gasteiger partial charge in [-0.3, -0.25) is 0 Å². The highest BCUT2D eigenvalue weighted by molar-refractivity contribution is 7.88. The highest BCUT2D eigenvalue weighted by Crippen LogP contribution is 2.45. The van der Waals surface area contributed by atoms with Crippen LogP contribution in [-0.2, 0) is 34.3 Å².